The summed E-state index contributed by atoms with van der Waals surface area (Å²) in [5.74, 6) is 1.37. The van der Waals surface area contributed by atoms with Crippen LogP contribution in [0.1, 0.15) is 48.1 Å². The fourth-order valence-corrected chi connectivity index (χ4v) is 4.60. The van der Waals surface area contributed by atoms with Crippen molar-refractivity contribution in [2.75, 3.05) is 0 Å². The van der Waals surface area contributed by atoms with Crippen LogP contribution in [0, 0.1) is 11.3 Å². The zero-order valence-corrected chi connectivity index (χ0v) is 17.8. The summed E-state index contributed by atoms with van der Waals surface area (Å²) in [5, 5.41) is 9.47. The molecule has 0 fully saturated rings. The van der Waals surface area contributed by atoms with Crippen LogP contribution < -0.4 is 10.5 Å². The number of nitrogens with zero attached hydrogens (tertiary/aromatic N) is 2. The Labute approximate surface area is 177 Å². The average Bonchev–Trinajstić information content (AvgIpc) is 2.71. The van der Waals surface area contributed by atoms with Crippen LogP contribution in [-0.4, -0.2) is 18.9 Å². The van der Waals surface area contributed by atoms with Gasteiger partial charge in [0.1, 0.15) is 11.8 Å². The standard InChI is InChI=1S/C24H27N3OS/c1-16(2)28-23-10-7-17(11-19(23)13-25)15-29-24(14-27-3)22-6-4-5-18-12-20(26)8-9-21(18)22/h4-7,10-11,14,16,20H,3,8-9,12,15,26H2,1-2H3/b24-14-. The Kier molecular flexibility index (Phi) is 7.13. The summed E-state index contributed by atoms with van der Waals surface area (Å²) in [4.78, 5) is 5.13. The van der Waals surface area contributed by atoms with Crippen molar-refractivity contribution in [1.82, 2.24) is 0 Å². The van der Waals surface area contributed by atoms with Crippen molar-refractivity contribution in [2.45, 2.75) is 51.0 Å². The van der Waals surface area contributed by atoms with E-state index in [0.29, 0.717) is 11.3 Å². The zero-order valence-electron chi connectivity index (χ0n) is 17.0. The van der Waals surface area contributed by atoms with Gasteiger partial charge in [-0.3, -0.25) is 4.99 Å². The monoisotopic (exact) mass is 405 g/mol. The second-order valence-corrected chi connectivity index (χ2v) is 8.54. The molecule has 1 unspecified atom stereocenters. The van der Waals surface area contributed by atoms with E-state index < -0.39 is 0 Å². The maximum Gasteiger partial charge on any atom is 0.137 e. The van der Waals surface area contributed by atoms with Gasteiger partial charge in [-0.1, -0.05) is 24.3 Å². The highest BCUT2D eigenvalue weighted by Gasteiger charge is 2.20. The van der Waals surface area contributed by atoms with Crippen molar-refractivity contribution in [3.05, 3.63) is 70.4 Å². The number of aliphatic imine (C=N–C) groups is 1. The van der Waals surface area contributed by atoms with Gasteiger partial charge in [0.2, 0.25) is 0 Å². The van der Waals surface area contributed by atoms with Gasteiger partial charge in [-0.15, -0.1) is 11.8 Å². The maximum atomic E-state index is 9.47. The van der Waals surface area contributed by atoms with Crippen molar-refractivity contribution >= 4 is 23.4 Å². The normalized spacial score (nSPS) is 16.2. The van der Waals surface area contributed by atoms with Crippen LogP contribution in [0.5, 0.6) is 5.75 Å². The molecule has 4 nitrogen and oxygen atoms in total. The quantitative estimate of drug-likeness (QED) is 0.651. The summed E-state index contributed by atoms with van der Waals surface area (Å²) in [5.41, 5.74) is 11.7. The lowest BCUT2D eigenvalue weighted by atomic mass is 9.86. The first-order chi connectivity index (χ1) is 14.0. The van der Waals surface area contributed by atoms with Gasteiger partial charge >= 0.3 is 0 Å². The Bertz CT molecular complexity index is 959. The molecule has 0 bridgehead atoms. The average molecular weight is 406 g/mol. The number of benzene rings is 2. The van der Waals surface area contributed by atoms with E-state index in [9.17, 15) is 5.26 Å². The minimum atomic E-state index is 0.0351. The Morgan fingerprint density at radius 1 is 1.41 bits per heavy atom. The molecule has 3 rings (SSSR count). The number of hydrogen-bond donors (Lipinski definition) is 1. The summed E-state index contributed by atoms with van der Waals surface area (Å²) in [6.07, 6.45) is 4.78. The van der Waals surface area contributed by atoms with E-state index >= 15 is 0 Å². The Morgan fingerprint density at radius 2 is 2.24 bits per heavy atom. The fraction of sp³-hybridized carbons (Fsp3) is 0.333. The summed E-state index contributed by atoms with van der Waals surface area (Å²) in [6.45, 7) is 7.56. The van der Waals surface area contributed by atoms with Gasteiger partial charge in [0, 0.05) is 22.9 Å². The van der Waals surface area contributed by atoms with Crippen LogP contribution in [0.25, 0.3) is 4.91 Å². The lowest BCUT2D eigenvalue weighted by Gasteiger charge is -2.24. The molecule has 0 saturated carbocycles. The fourth-order valence-electron chi connectivity index (χ4n) is 3.61. The molecule has 1 aliphatic carbocycles. The molecule has 0 amide bonds. The van der Waals surface area contributed by atoms with Crippen molar-refractivity contribution in [3.8, 4) is 11.8 Å². The van der Waals surface area contributed by atoms with Gasteiger partial charge in [0.25, 0.3) is 0 Å². The van der Waals surface area contributed by atoms with Gasteiger partial charge in [0.05, 0.1) is 11.7 Å². The second kappa shape index (κ2) is 9.78. The first kappa shape index (κ1) is 21.2. The lowest BCUT2D eigenvalue weighted by Crippen LogP contribution is -2.28. The van der Waals surface area contributed by atoms with Gasteiger partial charge in [-0.2, -0.15) is 5.26 Å². The first-order valence-corrected chi connectivity index (χ1v) is 10.9. The third-order valence-electron chi connectivity index (χ3n) is 4.92. The van der Waals surface area contributed by atoms with Gasteiger partial charge in [0.15, 0.2) is 0 Å². The molecule has 150 valence electrons. The molecule has 0 spiro atoms. The molecule has 0 radical (unpaired) electrons. The van der Waals surface area contributed by atoms with Gasteiger partial charge in [-0.05, 0) is 74.2 Å². The number of ether oxygens (including phenoxy) is 1. The number of nitriles is 1. The molecule has 1 aliphatic rings. The largest absolute Gasteiger partial charge is 0.490 e. The number of nitrogens with two attached hydrogens (primary N) is 1. The van der Waals surface area contributed by atoms with Crippen LogP contribution in [0.15, 0.2) is 47.6 Å². The highest BCUT2D eigenvalue weighted by Crippen LogP contribution is 2.36. The molecule has 0 saturated heterocycles. The lowest BCUT2D eigenvalue weighted by molar-refractivity contribution is 0.241. The van der Waals surface area contributed by atoms with Gasteiger partial charge < -0.3 is 10.5 Å². The molecule has 2 N–H and O–H groups in total. The number of fused-ring (bicyclic) bond motifs is 1. The van der Waals surface area contributed by atoms with Crippen LogP contribution >= 0.6 is 11.8 Å². The first-order valence-electron chi connectivity index (χ1n) is 9.87. The zero-order chi connectivity index (χ0) is 20.8. The summed E-state index contributed by atoms with van der Waals surface area (Å²) < 4.78 is 5.72. The molecule has 0 aliphatic heterocycles. The third-order valence-corrected chi connectivity index (χ3v) is 6.03. The van der Waals surface area contributed by atoms with Gasteiger partial charge in [-0.25, -0.2) is 0 Å². The summed E-state index contributed by atoms with van der Waals surface area (Å²) in [6, 6.07) is 14.7. The predicted molar refractivity (Wildman–Crippen MR) is 122 cm³/mol. The molecule has 5 heteroatoms. The predicted octanol–water partition coefficient (Wildman–Crippen LogP) is 5.09. The smallest absolute Gasteiger partial charge is 0.137 e. The maximum absolute atomic E-state index is 9.47. The molecule has 1 atom stereocenters. The Morgan fingerprint density at radius 3 is 2.97 bits per heavy atom. The SMILES string of the molecule is C=N/C=C(\SCc1ccc(OC(C)C)c(C#N)c1)c1cccc2c1CCC(N)C2. The minimum Gasteiger partial charge on any atom is -0.490 e. The van der Waals surface area contributed by atoms with E-state index in [-0.39, 0.29) is 12.1 Å². The summed E-state index contributed by atoms with van der Waals surface area (Å²) in [7, 11) is 0. The molecule has 2 aromatic rings. The number of rotatable bonds is 7. The molecule has 29 heavy (non-hydrogen) atoms. The molecular formula is C24H27N3OS. The van der Waals surface area contributed by atoms with Crippen molar-refractivity contribution in [1.29, 1.82) is 5.26 Å². The van der Waals surface area contributed by atoms with E-state index in [2.05, 4.69) is 36.0 Å². The highest BCUT2D eigenvalue weighted by molar-refractivity contribution is 8.07. The van der Waals surface area contributed by atoms with Crippen LogP contribution in [0.3, 0.4) is 0 Å². The molecule has 0 heterocycles. The molecular weight excluding hydrogens is 378 g/mol. The van der Waals surface area contributed by atoms with E-state index in [0.717, 1.165) is 35.5 Å². The number of hydrogen-bond acceptors (Lipinski definition) is 5. The van der Waals surface area contributed by atoms with E-state index in [1.807, 2.05) is 38.2 Å². The Hall–Kier alpha value is -2.55. The van der Waals surface area contributed by atoms with E-state index in [4.69, 9.17) is 10.5 Å². The van der Waals surface area contributed by atoms with Crippen molar-refractivity contribution in [2.24, 2.45) is 10.7 Å². The van der Waals surface area contributed by atoms with Crippen molar-refractivity contribution < 1.29 is 4.74 Å². The molecule has 2 aromatic carbocycles. The molecule has 0 aromatic heterocycles. The van der Waals surface area contributed by atoms with Crippen LogP contribution in [0.2, 0.25) is 0 Å². The third kappa shape index (κ3) is 5.29. The number of thioether (sulfide) groups is 1. The minimum absolute atomic E-state index is 0.0351. The van der Waals surface area contributed by atoms with Crippen molar-refractivity contribution in [3.63, 3.8) is 0 Å². The second-order valence-electron chi connectivity index (χ2n) is 7.52. The Balaban J connectivity index is 1.82. The highest BCUT2D eigenvalue weighted by atomic mass is 32.2. The van der Waals surface area contributed by atoms with E-state index in [1.165, 1.54) is 16.7 Å². The van der Waals surface area contributed by atoms with E-state index in [1.54, 1.807) is 11.8 Å². The summed E-state index contributed by atoms with van der Waals surface area (Å²) >= 11 is 1.71. The van der Waals surface area contributed by atoms with Crippen LogP contribution in [-0.2, 0) is 18.6 Å². The van der Waals surface area contributed by atoms with Crippen LogP contribution in [0.4, 0.5) is 0 Å². The topological polar surface area (TPSA) is 71.4 Å².